The number of nitrogens with zero attached hydrogens (tertiary/aromatic N) is 2. The van der Waals surface area contributed by atoms with Gasteiger partial charge in [-0.1, -0.05) is 0 Å². The second kappa shape index (κ2) is 7.74. The number of carbonyl (C=O) groups is 2. The van der Waals surface area contributed by atoms with Crippen LogP contribution in [0.2, 0.25) is 0 Å². The van der Waals surface area contributed by atoms with Gasteiger partial charge in [0.1, 0.15) is 11.6 Å². The Bertz CT molecular complexity index is 1190. The van der Waals surface area contributed by atoms with E-state index in [2.05, 4.69) is 0 Å². The number of fused-ring (bicyclic) bond motifs is 1. The molecule has 0 radical (unpaired) electrons. The van der Waals surface area contributed by atoms with E-state index in [4.69, 9.17) is 9.15 Å². The zero-order valence-corrected chi connectivity index (χ0v) is 16.1. The highest BCUT2D eigenvalue weighted by atomic mass is 19.1. The number of carbonyl (C=O) groups excluding carboxylic acids is 2. The van der Waals surface area contributed by atoms with Crippen LogP contribution in [0.4, 0.5) is 8.78 Å². The summed E-state index contributed by atoms with van der Waals surface area (Å²) in [7, 11) is 1.27. The van der Waals surface area contributed by atoms with Crippen LogP contribution in [-0.2, 0) is 4.74 Å². The van der Waals surface area contributed by atoms with Crippen LogP contribution in [-0.4, -0.2) is 41.5 Å². The van der Waals surface area contributed by atoms with Crippen molar-refractivity contribution >= 4 is 23.0 Å². The van der Waals surface area contributed by atoms with E-state index in [1.807, 2.05) is 0 Å². The zero-order chi connectivity index (χ0) is 21.4. The highest BCUT2D eigenvalue weighted by Crippen LogP contribution is 2.27. The van der Waals surface area contributed by atoms with Crippen LogP contribution in [0.25, 0.3) is 11.1 Å². The van der Waals surface area contributed by atoms with E-state index in [-0.39, 0.29) is 24.7 Å². The van der Waals surface area contributed by atoms with Gasteiger partial charge in [-0.05, 0) is 43.2 Å². The van der Waals surface area contributed by atoms with Crippen molar-refractivity contribution in [3.63, 3.8) is 0 Å². The lowest BCUT2D eigenvalue weighted by atomic mass is 10.0. The average molecular weight is 416 g/mol. The minimum Gasteiger partial charge on any atom is -0.465 e. The van der Waals surface area contributed by atoms with Crippen molar-refractivity contribution in [1.29, 1.82) is 0 Å². The van der Waals surface area contributed by atoms with Crippen LogP contribution in [0.5, 0.6) is 0 Å². The molecule has 0 unspecified atom stereocenters. The third-order valence-electron chi connectivity index (χ3n) is 5.31. The number of amides is 1. The fraction of sp³-hybridized carbons (Fsp3) is 0.286. The van der Waals surface area contributed by atoms with Gasteiger partial charge in [0.2, 0.25) is 0 Å². The molecule has 3 aromatic rings. The molecular weight excluding hydrogens is 398 g/mol. The van der Waals surface area contributed by atoms with Crippen molar-refractivity contribution in [2.45, 2.75) is 18.9 Å². The van der Waals surface area contributed by atoms with Gasteiger partial charge in [0, 0.05) is 25.2 Å². The largest absolute Gasteiger partial charge is 0.465 e. The van der Waals surface area contributed by atoms with Gasteiger partial charge in [-0.3, -0.25) is 9.36 Å². The summed E-state index contributed by atoms with van der Waals surface area (Å²) in [6.07, 6.45) is 0.872. The Labute approximate surface area is 169 Å². The van der Waals surface area contributed by atoms with Crippen LogP contribution in [0.1, 0.15) is 39.6 Å². The first kappa shape index (κ1) is 19.8. The number of rotatable bonds is 3. The summed E-state index contributed by atoms with van der Waals surface area (Å²) in [5.74, 6) is -3.27. The third-order valence-corrected chi connectivity index (χ3v) is 5.31. The molecule has 1 aliphatic heterocycles. The average Bonchev–Trinajstić information content (AvgIpc) is 3.07. The number of halogens is 2. The Morgan fingerprint density at radius 2 is 1.83 bits per heavy atom. The molecule has 9 heteroatoms. The van der Waals surface area contributed by atoms with Gasteiger partial charge in [-0.15, -0.1) is 0 Å². The number of hydrogen-bond acceptors (Lipinski definition) is 5. The Morgan fingerprint density at radius 1 is 1.10 bits per heavy atom. The van der Waals surface area contributed by atoms with Crippen LogP contribution in [0, 0.1) is 11.6 Å². The van der Waals surface area contributed by atoms with Crippen molar-refractivity contribution in [2.75, 3.05) is 20.2 Å². The number of esters is 1. The molecule has 0 atom stereocenters. The second-order valence-corrected chi connectivity index (χ2v) is 7.06. The van der Waals surface area contributed by atoms with E-state index in [1.54, 1.807) is 0 Å². The first-order valence-corrected chi connectivity index (χ1v) is 9.36. The molecule has 4 rings (SSSR count). The molecule has 0 aliphatic carbocycles. The summed E-state index contributed by atoms with van der Waals surface area (Å²) in [5.41, 5.74) is 0.916. The maximum Gasteiger partial charge on any atom is 0.420 e. The van der Waals surface area contributed by atoms with Crippen LogP contribution in [0.15, 0.2) is 45.6 Å². The van der Waals surface area contributed by atoms with Gasteiger partial charge in [0.05, 0.1) is 23.8 Å². The molecule has 1 fully saturated rings. The number of hydrogen-bond donors (Lipinski definition) is 0. The van der Waals surface area contributed by atoms with E-state index >= 15 is 0 Å². The maximum atomic E-state index is 13.9. The summed E-state index contributed by atoms with van der Waals surface area (Å²) in [5, 5.41) is 0. The first-order chi connectivity index (χ1) is 14.4. The van der Waals surface area contributed by atoms with Crippen molar-refractivity contribution in [3.05, 3.63) is 69.7 Å². The predicted molar refractivity (Wildman–Crippen MR) is 102 cm³/mol. The summed E-state index contributed by atoms with van der Waals surface area (Å²) >= 11 is 0. The lowest BCUT2D eigenvalue weighted by molar-refractivity contribution is 0.0599. The molecule has 0 N–H and O–H groups in total. The van der Waals surface area contributed by atoms with Gasteiger partial charge in [-0.2, -0.15) is 0 Å². The lowest BCUT2D eigenvalue weighted by Crippen LogP contribution is -2.40. The van der Waals surface area contributed by atoms with Crippen molar-refractivity contribution in [3.8, 4) is 0 Å². The number of oxazole rings is 1. The summed E-state index contributed by atoms with van der Waals surface area (Å²) in [4.78, 5) is 38.3. The van der Waals surface area contributed by atoms with Crippen LogP contribution in [0.3, 0.4) is 0 Å². The first-order valence-electron chi connectivity index (χ1n) is 9.36. The molecule has 156 valence electrons. The maximum absolute atomic E-state index is 13.9. The van der Waals surface area contributed by atoms with E-state index < -0.39 is 29.3 Å². The Balaban J connectivity index is 1.56. The molecule has 1 saturated heterocycles. The van der Waals surface area contributed by atoms with E-state index in [1.165, 1.54) is 34.8 Å². The molecule has 1 aliphatic rings. The minimum absolute atomic E-state index is 0.191. The number of ether oxygens (including phenoxy) is 1. The number of likely N-dealkylation sites (tertiary alicyclic amines) is 1. The molecule has 0 bridgehead atoms. The number of aromatic nitrogens is 1. The van der Waals surface area contributed by atoms with Gasteiger partial charge in [-0.25, -0.2) is 18.4 Å². The van der Waals surface area contributed by atoms with E-state index in [0.29, 0.717) is 35.6 Å². The normalized spacial score (nSPS) is 14.8. The second-order valence-electron chi connectivity index (χ2n) is 7.06. The monoisotopic (exact) mass is 416 g/mol. The quantitative estimate of drug-likeness (QED) is 0.613. The zero-order valence-electron chi connectivity index (χ0n) is 16.1. The van der Waals surface area contributed by atoms with E-state index in [0.717, 1.165) is 12.1 Å². The Hall–Kier alpha value is -3.49. The van der Waals surface area contributed by atoms with Gasteiger partial charge < -0.3 is 14.1 Å². The Kier molecular flexibility index (Phi) is 5.11. The van der Waals surface area contributed by atoms with Gasteiger partial charge >= 0.3 is 11.7 Å². The van der Waals surface area contributed by atoms with Crippen molar-refractivity contribution < 1.29 is 27.5 Å². The molecule has 0 saturated carbocycles. The highest BCUT2D eigenvalue weighted by molar-refractivity contribution is 5.94. The highest BCUT2D eigenvalue weighted by Gasteiger charge is 2.28. The minimum atomic E-state index is -0.908. The van der Waals surface area contributed by atoms with Gasteiger partial charge in [0.25, 0.3) is 5.91 Å². The lowest BCUT2D eigenvalue weighted by Gasteiger charge is -2.32. The van der Waals surface area contributed by atoms with Gasteiger partial charge in [0.15, 0.2) is 5.58 Å². The molecule has 1 amide bonds. The molecule has 30 heavy (non-hydrogen) atoms. The smallest absolute Gasteiger partial charge is 0.420 e. The Morgan fingerprint density at radius 3 is 2.50 bits per heavy atom. The summed E-state index contributed by atoms with van der Waals surface area (Å²) in [6, 6.07) is 7.18. The fourth-order valence-electron chi connectivity index (χ4n) is 3.78. The topological polar surface area (TPSA) is 81.8 Å². The predicted octanol–water partition coefficient (Wildman–Crippen LogP) is 3.14. The molecule has 2 heterocycles. The third kappa shape index (κ3) is 3.47. The van der Waals surface area contributed by atoms with Crippen LogP contribution >= 0.6 is 0 Å². The standard InChI is InChI=1S/C21H18F2N2O5/c1-29-20(27)12-2-5-18-17(10-12)25(21(28)30-18)14-6-8-24(9-7-14)19(26)15-4-3-13(22)11-16(15)23/h2-5,10-11,14H,6-9H2,1H3. The molecule has 1 aromatic heterocycles. The van der Waals surface area contributed by atoms with E-state index in [9.17, 15) is 23.2 Å². The number of benzene rings is 2. The molecular formula is C21H18F2N2O5. The number of piperidine rings is 1. The molecule has 2 aromatic carbocycles. The number of methoxy groups -OCH3 is 1. The molecule has 0 spiro atoms. The molecule has 7 nitrogen and oxygen atoms in total. The SMILES string of the molecule is COC(=O)c1ccc2oc(=O)n(C3CCN(C(=O)c4ccc(F)cc4F)CC3)c2c1. The van der Waals surface area contributed by atoms with Crippen LogP contribution < -0.4 is 5.76 Å². The van der Waals surface area contributed by atoms with Crippen molar-refractivity contribution in [1.82, 2.24) is 9.47 Å². The summed E-state index contributed by atoms with van der Waals surface area (Å²) in [6.45, 7) is 0.576. The summed E-state index contributed by atoms with van der Waals surface area (Å²) < 4.78 is 38.5. The fourth-order valence-corrected chi connectivity index (χ4v) is 3.78. The van der Waals surface area contributed by atoms with Crippen molar-refractivity contribution in [2.24, 2.45) is 0 Å².